The molecule has 2 fully saturated rings. The third-order valence-electron chi connectivity index (χ3n) is 6.69. The van der Waals surface area contributed by atoms with Gasteiger partial charge in [-0.3, -0.25) is 4.79 Å². The second-order valence-electron chi connectivity index (χ2n) is 8.11. The number of carbonyl (C=O) groups excluding carboxylic acids is 2. The van der Waals surface area contributed by atoms with Crippen molar-refractivity contribution >= 4 is 17.9 Å². The van der Waals surface area contributed by atoms with Crippen LogP contribution in [0.5, 0.6) is 0 Å². The highest BCUT2D eigenvalue weighted by molar-refractivity contribution is 5.89. The molecular weight excluding hydrogens is 364 g/mol. The van der Waals surface area contributed by atoms with Crippen LogP contribution in [0.1, 0.15) is 46.0 Å². The van der Waals surface area contributed by atoms with E-state index in [0.717, 1.165) is 0 Å². The van der Waals surface area contributed by atoms with Crippen LogP contribution < -0.4 is 0 Å². The van der Waals surface area contributed by atoms with E-state index in [9.17, 15) is 19.5 Å². The molecule has 3 rings (SSSR count). The van der Waals surface area contributed by atoms with Crippen molar-refractivity contribution in [1.29, 1.82) is 0 Å². The summed E-state index contributed by atoms with van der Waals surface area (Å²) in [5, 5.41) is 20.7. The molecular formula is C21H26O7. The maximum atomic E-state index is 13.1. The second kappa shape index (κ2) is 6.88. The maximum absolute atomic E-state index is 13.1. The maximum Gasteiger partial charge on any atom is 0.333 e. The van der Waals surface area contributed by atoms with Crippen LogP contribution in [-0.4, -0.2) is 46.4 Å². The molecule has 7 heteroatoms. The van der Waals surface area contributed by atoms with E-state index in [2.05, 4.69) is 0 Å². The van der Waals surface area contributed by atoms with E-state index >= 15 is 0 Å². The van der Waals surface area contributed by atoms with Crippen molar-refractivity contribution in [2.45, 2.75) is 57.2 Å². The Kier molecular flexibility index (Phi) is 5.00. The highest BCUT2D eigenvalue weighted by Gasteiger charge is 2.71. The molecule has 2 N–H and O–H groups in total. The number of cyclic esters (lactones) is 1. The normalized spacial score (nSPS) is 37.7. The number of aliphatic hydroxyl groups is 1. The van der Waals surface area contributed by atoms with Gasteiger partial charge in [-0.1, -0.05) is 18.2 Å². The third-order valence-corrected chi connectivity index (χ3v) is 6.69. The van der Waals surface area contributed by atoms with Crippen LogP contribution in [0.3, 0.4) is 0 Å². The molecule has 0 spiro atoms. The first-order valence-electron chi connectivity index (χ1n) is 9.42. The minimum absolute atomic E-state index is 0.155. The number of esters is 2. The molecule has 0 aromatic heterocycles. The number of aliphatic carboxylic acids is 1. The van der Waals surface area contributed by atoms with Crippen molar-refractivity contribution in [3.05, 3.63) is 35.5 Å². The average molecular weight is 390 g/mol. The van der Waals surface area contributed by atoms with Gasteiger partial charge in [0.15, 0.2) is 0 Å². The van der Waals surface area contributed by atoms with E-state index in [0.29, 0.717) is 24.8 Å². The van der Waals surface area contributed by atoms with Gasteiger partial charge in [-0.15, -0.1) is 0 Å². The molecule has 28 heavy (non-hydrogen) atoms. The Bertz CT molecular complexity index is 808. The zero-order valence-corrected chi connectivity index (χ0v) is 16.4. The predicted octanol–water partition coefficient (Wildman–Crippen LogP) is 2.30. The molecule has 152 valence electrons. The van der Waals surface area contributed by atoms with Crippen LogP contribution >= 0.6 is 0 Å². The number of carboxylic acids is 1. The lowest BCUT2D eigenvalue weighted by Crippen LogP contribution is -2.63. The monoisotopic (exact) mass is 390 g/mol. The van der Waals surface area contributed by atoms with Gasteiger partial charge in [0.2, 0.25) is 0 Å². The lowest BCUT2D eigenvalue weighted by molar-refractivity contribution is -0.224. The zero-order valence-electron chi connectivity index (χ0n) is 16.4. The van der Waals surface area contributed by atoms with Gasteiger partial charge in [0.05, 0.1) is 12.7 Å². The molecule has 4 atom stereocenters. The first kappa shape index (κ1) is 20.3. The van der Waals surface area contributed by atoms with Crippen LogP contribution in [0, 0.1) is 11.3 Å². The fourth-order valence-corrected chi connectivity index (χ4v) is 5.01. The third kappa shape index (κ3) is 2.89. The fourth-order valence-electron chi connectivity index (χ4n) is 5.01. The second-order valence-corrected chi connectivity index (χ2v) is 8.11. The summed E-state index contributed by atoms with van der Waals surface area (Å²) in [4.78, 5) is 36.0. The summed E-state index contributed by atoms with van der Waals surface area (Å²) in [6.45, 7) is 3.21. The number of hydrogen-bond donors (Lipinski definition) is 2. The number of allylic oxidation sites excluding steroid dienone is 3. The van der Waals surface area contributed by atoms with Gasteiger partial charge in [-0.25, -0.2) is 9.59 Å². The molecule has 2 aliphatic carbocycles. The molecule has 1 heterocycles. The zero-order chi connectivity index (χ0) is 20.7. The van der Waals surface area contributed by atoms with Gasteiger partial charge < -0.3 is 19.7 Å². The number of ether oxygens (including phenoxy) is 2. The summed E-state index contributed by atoms with van der Waals surface area (Å²) < 4.78 is 10.6. The lowest BCUT2D eigenvalue weighted by atomic mass is 9.62. The Morgan fingerprint density at radius 2 is 2.07 bits per heavy atom. The lowest BCUT2D eigenvalue weighted by Gasteiger charge is -2.52. The smallest absolute Gasteiger partial charge is 0.333 e. The van der Waals surface area contributed by atoms with E-state index < -0.39 is 34.5 Å². The standard InChI is InChI=1S/C21H26O7/c1-13(16(22)23)5-4-9-19(2)15-8-11-20(18(25)28-19)10-6-14(17(24)27-3)7-12-21(15,20)26/h4-6,9,15,26H,7-8,10-12H2,1-3H3,(H,22,23)/b9-4+,13-5+/t15?,19?,20-,21+/m1/s1. The summed E-state index contributed by atoms with van der Waals surface area (Å²) in [6.07, 6.45) is 8.25. The highest BCUT2D eigenvalue weighted by Crippen LogP contribution is 2.63. The van der Waals surface area contributed by atoms with E-state index in [1.54, 1.807) is 25.2 Å². The van der Waals surface area contributed by atoms with Crippen molar-refractivity contribution in [2.24, 2.45) is 11.3 Å². The highest BCUT2D eigenvalue weighted by atomic mass is 16.6. The van der Waals surface area contributed by atoms with Gasteiger partial charge in [-0.05, 0) is 52.0 Å². The average Bonchev–Trinajstić information content (AvgIpc) is 2.77. The fraction of sp³-hybridized carbons (Fsp3) is 0.571. The van der Waals surface area contributed by atoms with Crippen molar-refractivity contribution in [3.8, 4) is 0 Å². The van der Waals surface area contributed by atoms with Gasteiger partial charge in [-0.2, -0.15) is 0 Å². The van der Waals surface area contributed by atoms with Crippen molar-refractivity contribution < 1.29 is 34.1 Å². The van der Waals surface area contributed by atoms with Crippen molar-refractivity contribution in [3.63, 3.8) is 0 Å². The number of rotatable bonds is 4. The minimum Gasteiger partial charge on any atom is -0.478 e. The van der Waals surface area contributed by atoms with Crippen molar-refractivity contribution in [1.82, 2.24) is 0 Å². The topological polar surface area (TPSA) is 110 Å². The van der Waals surface area contributed by atoms with Crippen LogP contribution in [-0.2, 0) is 23.9 Å². The van der Waals surface area contributed by atoms with Crippen molar-refractivity contribution in [2.75, 3.05) is 7.11 Å². The molecule has 0 aromatic carbocycles. The molecule has 7 nitrogen and oxygen atoms in total. The van der Waals surface area contributed by atoms with E-state index in [-0.39, 0.29) is 24.3 Å². The van der Waals surface area contributed by atoms with E-state index in [1.807, 2.05) is 0 Å². The molecule has 2 unspecified atom stereocenters. The first-order valence-corrected chi connectivity index (χ1v) is 9.42. The summed E-state index contributed by atoms with van der Waals surface area (Å²) in [5.74, 6) is -2.30. The Labute approximate surface area is 163 Å². The molecule has 1 saturated heterocycles. The summed E-state index contributed by atoms with van der Waals surface area (Å²) in [5.41, 5.74) is -2.80. The Balaban J connectivity index is 1.95. The molecule has 0 aromatic rings. The summed E-state index contributed by atoms with van der Waals surface area (Å²) in [7, 11) is 1.31. The Hall–Kier alpha value is -2.41. The molecule has 0 radical (unpaired) electrons. The quantitative estimate of drug-likeness (QED) is 0.430. The first-order chi connectivity index (χ1) is 13.1. The Morgan fingerprint density at radius 3 is 2.71 bits per heavy atom. The number of hydrogen-bond acceptors (Lipinski definition) is 6. The van der Waals surface area contributed by atoms with Gasteiger partial charge in [0, 0.05) is 17.1 Å². The van der Waals surface area contributed by atoms with Crippen LogP contribution in [0.4, 0.5) is 0 Å². The van der Waals surface area contributed by atoms with Crippen LogP contribution in [0.2, 0.25) is 0 Å². The van der Waals surface area contributed by atoms with Gasteiger partial charge >= 0.3 is 17.9 Å². The molecule has 3 aliphatic rings. The van der Waals surface area contributed by atoms with E-state index in [1.165, 1.54) is 20.1 Å². The SMILES string of the molecule is COC(=O)C1=CC[C@@]23CCC(C(C)(/C=C/C=C(\C)C(=O)O)OC2=O)[C@@]3(O)CC1. The largest absolute Gasteiger partial charge is 0.478 e. The minimum atomic E-state index is -1.31. The van der Waals surface area contributed by atoms with Crippen LogP contribution in [0.15, 0.2) is 35.5 Å². The number of carboxylic acid groups (broad SMARTS) is 1. The Morgan fingerprint density at radius 1 is 1.36 bits per heavy atom. The molecule has 0 amide bonds. The molecule has 1 saturated carbocycles. The van der Waals surface area contributed by atoms with Gasteiger partial charge in [0.25, 0.3) is 0 Å². The van der Waals surface area contributed by atoms with Gasteiger partial charge in [0.1, 0.15) is 11.0 Å². The van der Waals surface area contributed by atoms with Crippen LogP contribution in [0.25, 0.3) is 0 Å². The number of carbonyl (C=O) groups is 3. The summed E-state index contributed by atoms with van der Waals surface area (Å²) in [6, 6.07) is 0. The number of methoxy groups -OCH3 is 1. The summed E-state index contributed by atoms with van der Waals surface area (Å²) >= 11 is 0. The van der Waals surface area contributed by atoms with E-state index in [4.69, 9.17) is 14.6 Å². The predicted molar refractivity (Wildman–Crippen MR) is 99.1 cm³/mol. The molecule has 2 bridgehead atoms. The molecule has 1 aliphatic heterocycles.